The molecule has 0 N–H and O–H groups in total. The average molecular weight is 262 g/mol. The van der Waals surface area contributed by atoms with Crippen molar-refractivity contribution in [2.24, 2.45) is 22.7 Å². The maximum Gasteiger partial charge on any atom is 0.321 e. The Hall–Kier alpha value is -0.900. The normalized spacial score (nSPS) is 59.5. The standard InChI is InChI=1S/C15H18O4/c1-12(2)15(19-12)8-4-5-9(15)14-7-3-6-13(8,14)10(16)18-11(14)17/h8-9H,3-7H2,1-2H3/t8-,9+,13-,14+,15?. The quantitative estimate of drug-likeness (QED) is 0.379. The summed E-state index contributed by atoms with van der Waals surface area (Å²) in [7, 11) is 0. The molecule has 19 heavy (non-hydrogen) atoms. The van der Waals surface area contributed by atoms with Crippen molar-refractivity contribution in [3.63, 3.8) is 0 Å². The highest BCUT2D eigenvalue weighted by molar-refractivity contribution is 6.04. The highest BCUT2D eigenvalue weighted by Crippen LogP contribution is 2.85. The van der Waals surface area contributed by atoms with Crippen molar-refractivity contribution in [3.8, 4) is 0 Å². The minimum Gasteiger partial charge on any atom is -0.392 e. The van der Waals surface area contributed by atoms with E-state index in [1.807, 2.05) is 0 Å². The Labute approximate surface area is 111 Å². The molecule has 2 heterocycles. The topological polar surface area (TPSA) is 55.9 Å². The lowest BCUT2D eigenvalue weighted by Gasteiger charge is -2.36. The third-order valence-corrected chi connectivity index (χ3v) is 7.14. The van der Waals surface area contributed by atoms with Crippen molar-refractivity contribution >= 4 is 11.9 Å². The zero-order valence-corrected chi connectivity index (χ0v) is 11.3. The van der Waals surface area contributed by atoms with Gasteiger partial charge in [-0.3, -0.25) is 9.59 Å². The van der Waals surface area contributed by atoms with E-state index in [4.69, 9.17) is 9.47 Å². The number of carbonyl (C=O) groups excluding carboxylic acids is 2. The van der Waals surface area contributed by atoms with E-state index in [1.54, 1.807) is 0 Å². The molecule has 0 radical (unpaired) electrons. The predicted octanol–water partition coefficient (Wildman–Crippen LogP) is 1.81. The number of carbonyl (C=O) groups is 2. The molecule has 2 saturated heterocycles. The minimum atomic E-state index is -0.541. The van der Waals surface area contributed by atoms with Gasteiger partial charge in [0.1, 0.15) is 5.60 Å². The minimum absolute atomic E-state index is 0.179. The largest absolute Gasteiger partial charge is 0.392 e. The van der Waals surface area contributed by atoms with Crippen LogP contribution in [-0.4, -0.2) is 23.1 Å². The van der Waals surface area contributed by atoms with Crippen LogP contribution in [0.4, 0.5) is 0 Å². The van der Waals surface area contributed by atoms with Gasteiger partial charge in [0, 0.05) is 11.8 Å². The SMILES string of the molecule is CC1(C)OC12[C@H]1CC[C@@H]2[C@@]23CCC[C@@]12C(=O)OC3=O. The maximum absolute atomic E-state index is 12.5. The van der Waals surface area contributed by atoms with Crippen molar-refractivity contribution in [2.45, 2.75) is 57.2 Å². The zero-order valence-electron chi connectivity index (χ0n) is 11.3. The lowest BCUT2D eigenvalue weighted by Crippen LogP contribution is -2.45. The summed E-state index contributed by atoms with van der Waals surface area (Å²) in [5, 5.41) is 0. The summed E-state index contributed by atoms with van der Waals surface area (Å²) in [5.41, 5.74) is -1.48. The summed E-state index contributed by atoms with van der Waals surface area (Å²) < 4.78 is 11.3. The van der Waals surface area contributed by atoms with Gasteiger partial charge in [-0.05, 0) is 39.5 Å². The van der Waals surface area contributed by atoms with Gasteiger partial charge in [0.25, 0.3) is 0 Å². The van der Waals surface area contributed by atoms with Crippen molar-refractivity contribution in [1.82, 2.24) is 0 Å². The van der Waals surface area contributed by atoms with E-state index in [1.165, 1.54) is 0 Å². The van der Waals surface area contributed by atoms with Gasteiger partial charge in [0.05, 0.1) is 16.4 Å². The monoisotopic (exact) mass is 262 g/mol. The van der Waals surface area contributed by atoms with Crippen LogP contribution in [0.3, 0.4) is 0 Å². The highest BCUT2D eigenvalue weighted by atomic mass is 16.6. The summed E-state index contributed by atoms with van der Waals surface area (Å²) in [5.74, 6) is -0.0938. The number of epoxide rings is 1. The van der Waals surface area contributed by atoms with E-state index in [0.717, 1.165) is 32.1 Å². The summed E-state index contributed by atoms with van der Waals surface area (Å²) in [6, 6.07) is 0. The Morgan fingerprint density at radius 2 is 1.47 bits per heavy atom. The van der Waals surface area contributed by atoms with E-state index in [0.29, 0.717) is 0 Å². The summed E-state index contributed by atoms with van der Waals surface area (Å²) in [4.78, 5) is 25.0. The van der Waals surface area contributed by atoms with Crippen molar-refractivity contribution in [2.75, 3.05) is 0 Å². The number of ether oxygens (including phenoxy) is 2. The van der Waals surface area contributed by atoms with Gasteiger partial charge in [0.2, 0.25) is 0 Å². The summed E-state index contributed by atoms with van der Waals surface area (Å²) >= 11 is 0. The molecule has 4 heteroatoms. The maximum atomic E-state index is 12.5. The van der Waals surface area contributed by atoms with Crippen LogP contribution in [0.1, 0.15) is 46.0 Å². The van der Waals surface area contributed by atoms with E-state index in [2.05, 4.69) is 13.8 Å². The molecule has 5 fully saturated rings. The van der Waals surface area contributed by atoms with Crippen molar-refractivity contribution in [1.29, 1.82) is 0 Å². The molecule has 2 aliphatic heterocycles. The lowest BCUT2D eigenvalue weighted by atomic mass is 9.59. The van der Waals surface area contributed by atoms with Crippen LogP contribution in [-0.2, 0) is 19.1 Å². The number of esters is 2. The van der Waals surface area contributed by atoms with Crippen LogP contribution in [0.5, 0.6) is 0 Å². The Bertz CT molecular complexity index is 514. The molecule has 4 nitrogen and oxygen atoms in total. The van der Waals surface area contributed by atoms with Crippen LogP contribution in [0.25, 0.3) is 0 Å². The number of hydrogen-bond acceptors (Lipinski definition) is 4. The molecule has 5 aliphatic rings. The van der Waals surface area contributed by atoms with Gasteiger partial charge >= 0.3 is 11.9 Å². The molecule has 0 aromatic rings. The summed E-state index contributed by atoms with van der Waals surface area (Å²) in [6.45, 7) is 4.22. The average Bonchev–Trinajstić information content (AvgIpc) is 2.75. The van der Waals surface area contributed by atoms with Gasteiger partial charge in [-0.15, -0.1) is 0 Å². The fourth-order valence-electron chi connectivity index (χ4n) is 6.79. The van der Waals surface area contributed by atoms with E-state index >= 15 is 0 Å². The molecule has 102 valence electrons. The second-order valence-corrected chi connectivity index (χ2v) is 7.56. The van der Waals surface area contributed by atoms with Gasteiger partial charge < -0.3 is 9.47 Å². The van der Waals surface area contributed by atoms with Gasteiger partial charge in [-0.1, -0.05) is 6.42 Å². The lowest BCUT2D eigenvalue weighted by molar-refractivity contribution is -0.158. The first-order valence-corrected chi connectivity index (χ1v) is 7.40. The highest BCUT2D eigenvalue weighted by Gasteiger charge is 2.94. The smallest absolute Gasteiger partial charge is 0.321 e. The van der Waals surface area contributed by atoms with Crippen LogP contribution in [0.2, 0.25) is 0 Å². The molecule has 0 aromatic carbocycles. The molecular formula is C15H18O4. The number of cyclic esters (lactones) is 2. The van der Waals surface area contributed by atoms with E-state index < -0.39 is 10.8 Å². The molecule has 0 amide bonds. The van der Waals surface area contributed by atoms with Gasteiger partial charge in [0.15, 0.2) is 0 Å². The molecule has 3 aliphatic carbocycles. The van der Waals surface area contributed by atoms with Crippen molar-refractivity contribution in [3.05, 3.63) is 0 Å². The van der Waals surface area contributed by atoms with E-state index in [-0.39, 0.29) is 35.0 Å². The first-order valence-electron chi connectivity index (χ1n) is 7.40. The van der Waals surface area contributed by atoms with Crippen molar-refractivity contribution < 1.29 is 19.1 Å². The number of rotatable bonds is 0. The molecular weight excluding hydrogens is 244 g/mol. The fraction of sp³-hybridized carbons (Fsp3) is 0.867. The van der Waals surface area contributed by atoms with Crippen LogP contribution >= 0.6 is 0 Å². The molecule has 5 atom stereocenters. The van der Waals surface area contributed by atoms with Crippen LogP contribution in [0, 0.1) is 22.7 Å². The van der Waals surface area contributed by atoms with E-state index in [9.17, 15) is 9.59 Å². The Morgan fingerprint density at radius 3 is 1.89 bits per heavy atom. The Kier molecular flexibility index (Phi) is 1.43. The third-order valence-electron chi connectivity index (χ3n) is 7.14. The first kappa shape index (κ1) is 10.8. The Morgan fingerprint density at radius 1 is 1.00 bits per heavy atom. The van der Waals surface area contributed by atoms with Gasteiger partial charge in [-0.2, -0.15) is 0 Å². The molecule has 1 unspecified atom stereocenters. The summed E-state index contributed by atoms with van der Waals surface area (Å²) in [6.07, 6.45) is 4.64. The second kappa shape index (κ2) is 2.50. The molecule has 5 rings (SSSR count). The molecule has 0 aromatic heterocycles. The number of hydrogen-bond donors (Lipinski definition) is 0. The first-order chi connectivity index (χ1) is 8.93. The third kappa shape index (κ3) is 0.710. The fourth-order valence-corrected chi connectivity index (χ4v) is 6.79. The second-order valence-electron chi connectivity index (χ2n) is 7.56. The Balaban J connectivity index is 1.81. The predicted molar refractivity (Wildman–Crippen MR) is 63.9 cm³/mol. The van der Waals surface area contributed by atoms with Crippen LogP contribution < -0.4 is 0 Å². The van der Waals surface area contributed by atoms with Crippen LogP contribution in [0.15, 0.2) is 0 Å². The molecule has 3 saturated carbocycles. The van der Waals surface area contributed by atoms with Gasteiger partial charge in [-0.25, -0.2) is 0 Å². The molecule has 1 spiro atoms. The zero-order chi connectivity index (χ0) is 13.3. The molecule has 2 bridgehead atoms.